The number of hydrogen-bond donors (Lipinski definition) is 1. The van der Waals surface area contributed by atoms with Gasteiger partial charge < -0.3 is 9.74 Å². The van der Waals surface area contributed by atoms with E-state index in [0.717, 1.165) is 18.4 Å². The van der Waals surface area contributed by atoms with Crippen LogP contribution in [0.3, 0.4) is 0 Å². The first-order chi connectivity index (χ1) is 14.5. The van der Waals surface area contributed by atoms with Crippen LogP contribution in [0, 0.1) is 5.82 Å². The Morgan fingerprint density at radius 3 is 2.19 bits per heavy atom. The highest BCUT2D eigenvalue weighted by atomic mass is 28.4. The van der Waals surface area contributed by atoms with Gasteiger partial charge >= 0.3 is 0 Å². The second-order valence-electron chi connectivity index (χ2n) is 10.8. The summed E-state index contributed by atoms with van der Waals surface area (Å²) in [6.07, 6.45) is 6.05. The average molecular weight is 450 g/mol. The van der Waals surface area contributed by atoms with Crippen molar-refractivity contribution in [2.75, 3.05) is 6.61 Å². The normalized spacial score (nSPS) is 17.9. The molecule has 1 unspecified atom stereocenters. The molecule has 3 nitrogen and oxygen atoms in total. The van der Waals surface area contributed by atoms with Gasteiger partial charge in [0.15, 0.2) is 8.32 Å². The molecule has 1 fully saturated rings. The van der Waals surface area contributed by atoms with E-state index in [0.29, 0.717) is 29.7 Å². The molecule has 1 aromatic rings. The van der Waals surface area contributed by atoms with Crippen LogP contribution in [-0.2, 0) is 14.6 Å². The van der Waals surface area contributed by atoms with E-state index < -0.39 is 13.7 Å². The largest absolute Gasteiger partial charge is 0.415 e. The summed E-state index contributed by atoms with van der Waals surface area (Å²) in [4.78, 5) is 13.1. The van der Waals surface area contributed by atoms with Crippen molar-refractivity contribution in [3.05, 3.63) is 35.6 Å². The number of carbonyl (C=O) groups is 1. The highest BCUT2D eigenvalue weighted by Crippen LogP contribution is 2.44. The van der Waals surface area contributed by atoms with Crippen LogP contribution < -0.4 is 5.32 Å². The monoisotopic (exact) mass is 449 g/mol. The fourth-order valence-electron chi connectivity index (χ4n) is 5.76. The maximum absolute atomic E-state index is 14.1. The summed E-state index contributed by atoms with van der Waals surface area (Å²) in [7, 11) is -2.10. The van der Waals surface area contributed by atoms with Crippen molar-refractivity contribution in [3.63, 3.8) is 0 Å². The standard InChI is InChI=1S/C26H44FNO2Si/c1-19(2)31(20(3)4,21(5)6)30-18-26(7,22-12-11-13-23(27)16-22)17-25(29)28-24-14-9-8-10-15-24/h11-13,16,19-21,24H,8-10,14-15,17-18H2,1-7H3,(H,28,29). The smallest absolute Gasteiger partial charge is 0.221 e. The minimum atomic E-state index is -2.10. The first kappa shape index (κ1) is 26.1. The summed E-state index contributed by atoms with van der Waals surface area (Å²) in [6.45, 7) is 16.1. The first-order valence-corrected chi connectivity index (χ1v) is 14.3. The number of hydrogen-bond acceptors (Lipinski definition) is 2. The van der Waals surface area contributed by atoms with Gasteiger partial charge in [0.25, 0.3) is 0 Å². The zero-order valence-electron chi connectivity index (χ0n) is 20.8. The maximum Gasteiger partial charge on any atom is 0.221 e. The van der Waals surface area contributed by atoms with E-state index in [9.17, 15) is 9.18 Å². The van der Waals surface area contributed by atoms with Crippen LogP contribution in [0.25, 0.3) is 0 Å². The minimum absolute atomic E-state index is 0.0492. The third-order valence-corrected chi connectivity index (χ3v) is 13.4. The summed E-state index contributed by atoms with van der Waals surface area (Å²) in [6, 6.07) is 6.97. The molecule has 0 radical (unpaired) electrons. The second-order valence-corrected chi connectivity index (χ2v) is 16.2. The molecule has 1 aliphatic rings. The lowest BCUT2D eigenvalue weighted by Crippen LogP contribution is -2.51. The van der Waals surface area contributed by atoms with Gasteiger partial charge in [0, 0.05) is 24.5 Å². The lowest BCUT2D eigenvalue weighted by Gasteiger charge is -2.45. The summed E-state index contributed by atoms with van der Waals surface area (Å²) < 4.78 is 21.0. The van der Waals surface area contributed by atoms with Crippen molar-refractivity contribution in [1.29, 1.82) is 0 Å². The fraction of sp³-hybridized carbons (Fsp3) is 0.731. The highest BCUT2D eigenvalue weighted by molar-refractivity contribution is 6.77. The lowest BCUT2D eigenvalue weighted by molar-refractivity contribution is -0.123. The van der Waals surface area contributed by atoms with Gasteiger partial charge in [-0.25, -0.2) is 4.39 Å². The van der Waals surface area contributed by atoms with Crippen LogP contribution in [0.5, 0.6) is 0 Å². The number of amides is 1. The molecule has 0 bridgehead atoms. The van der Waals surface area contributed by atoms with Crippen LogP contribution >= 0.6 is 0 Å². The fourth-order valence-corrected chi connectivity index (χ4v) is 11.3. The van der Waals surface area contributed by atoms with Gasteiger partial charge in [0.1, 0.15) is 5.82 Å². The molecule has 1 aliphatic carbocycles. The molecule has 1 aromatic carbocycles. The summed E-state index contributed by atoms with van der Waals surface area (Å²) in [5.41, 5.74) is 1.64. The van der Waals surface area contributed by atoms with E-state index in [1.54, 1.807) is 12.1 Å². The maximum atomic E-state index is 14.1. The zero-order valence-corrected chi connectivity index (χ0v) is 21.8. The van der Waals surface area contributed by atoms with E-state index in [2.05, 4.69) is 53.8 Å². The van der Waals surface area contributed by atoms with Gasteiger partial charge in [-0.2, -0.15) is 0 Å². The Kier molecular flexibility index (Phi) is 9.32. The predicted molar refractivity (Wildman–Crippen MR) is 130 cm³/mol. The number of halogens is 1. The van der Waals surface area contributed by atoms with Gasteiger partial charge in [0.2, 0.25) is 5.91 Å². The molecule has 0 aliphatic heterocycles. The molecular weight excluding hydrogens is 405 g/mol. The Morgan fingerprint density at radius 1 is 1.10 bits per heavy atom. The molecule has 176 valence electrons. The van der Waals surface area contributed by atoms with Crippen LogP contribution in [0.4, 0.5) is 4.39 Å². The van der Waals surface area contributed by atoms with Gasteiger partial charge in [-0.15, -0.1) is 0 Å². The number of benzene rings is 1. The molecule has 5 heteroatoms. The minimum Gasteiger partial charge on any atom is -0.415 e. The molecule has 0 saturated heterocycles. The van der Waals surface area contributed by atoms with E-state index in [4.69, 9.17) is 4.43 Å². The van der Waals surface area contributed by atoms with Crippen LogP contribution in [0.1, 0.15) is 92.6 Å². The average Bonchev–Trinajstić information content (AvgIpc) is 2.68. The first-order valence-electron chi connectivity index (χ1n) is 12.2. The zero-order chi connectivity index (χ0) is 23.2. The van der Waals surface area contributed by atoms with Gasteiger partial charge in [-0.05, 0) is 47.2 Å². The van der Waals surface area contributed by atoms with E-state index in [1.165, 1.54) is 25.3 Å². The Balaban J connectivity index is 2.28. The summed E-state index contributed by atoms with van der Waals surface area (Å²) >= 11 is 0. The topological polar surface area (TPSA) is 38.3 Å². The van der Waals surface area contributed by atoms with Crippen molar-refractivity contribution in [2.45, 2.75) is 115 Å². The van der Waals surface area contributed by atoms with Crippen LogP contribution in [0.2, 0.25) is 16.6 Å². The van der Waals surface area contributed by atoms with Gasteiger partial charge in [-0.1, -0.05) is 79.9 Å². The molecule has 1 N–H and O–H groups in total. The molecule has 31 heavy (non-hydrogen) atoms. The molecule has 1 atom stereocenters. The number of nitrogens with one attached hydrogen (secondary N) is 1. The molecule has 0 spiro atoms. The van der Waals surface area contributed by atoms with Crippen molar-refractivity contribution < 1.29 is 13.6 Å². The lowest BCUT2D eigenvalue weighted by atomic mass is 9.79. The Morgan fingerprint density at radius 2 is 1.68 bits per heavy atom. The molecule has 0 aromatic heterocycles. The quantitative estimate of drug-likeness (QED) is 0.386. The molecule has 0 heterocycles. The third kappa shape index (κ3) is 6.41. The second kappa shape index (κ2) is 11.1. The number of rotatable bonds is 10. The van der Waals surface area contributed by atoms with Crippen LogP contribution in [0.15, 0.2) is 24.3 Å². The molecular formula is C26H44FNO2Si. The van der Waals surface area contributed by atoms with Crippen molar-refractivity contribution in [2.24, 2.45) is 0 Å². The molecule has 2 rings (SSSR count). The van der Waals surface area contributed by atoms with E-state index in [-0.39, 0.29) is 17.8 Å². The Bertz CT molecular complexity index is 693. The predicted octanol–water partition coefficient (Wildman–Crippen LogP) is 7.11. The van der Waals surface area contributed by atoms with Crippen molar-refractivity contribution >= 4 is 14.2 Å². The Labute approximate surface area is 190 Å². The van der Waals surface area contributed by atoms with Gasteiger partial charge in [-0.3, -0.25) is 4.79 Å². The molecule has 1 amide bonds. The van der Waals surface area contributed by atoms with Crippen molar-refractivity contribution in [1.82, 2.24) is 5.32 Å². The van der Waals surface area contributed by atoms with E-state index >= 15 is 0 Å². The molecule has 1 saturated carbocycles. The van der Waals surface area contributed by atoms with Gasteiger partial charge in [0.05, 0.1) is 0 Å². The van der Waals surface area contributed by atoms with Crippen LogP contribution in [-0.4, -0.2) is 26.9 Å². The summed E-state index contributed by atoms with van der Waals surface area (Å²) in [5.74, 6) is -0.218. The number of carbonyl (C=O) groups excluding carboxylic acids is 1. The third-order valence-electron chi connectivity index (χ3n) is 7.39. The summed E-state index contributed by atoms with van der Waals surface area (Å²) in [5, 5.41) is 3.25. The van der Waals surface area contributed by atoms with Crippen molar-refractivity contribution in [3.8, 4) is 0 Å². The highest BCUT2D eigenvalue weighted by Gasteiger charge is 2.46. The Hall–Kier alpha value is -1.20. The van der Waals surface area contributed by atoms with E-state index in [1.807, 2.05) is 6.07 Å². The SMILES string of the molecule is CC(C)[Si](OCC(C)(CC(=O)NC1CCCCC1)c1cccc(F)c1)(C(C)C)C(C)C.